The Labute approximate surface area is 160 Å². The molecule has 0 aliphatic rings. The summed E-state index contributed by atoms with van der Waals surface area (Å²) in [5.41, 5.74) is -0.377. The number of aromatic nitrogens is 4. The fourth-order valence-corrected chi connectivity index (χ4v) is 1.73. The van der Waals surface area contributed by atoms with Gasteiger partial charge >= 0.3 is 12.4 Å². The van der Waals surface area contributed by atoms with Crippen LogP contribution in [0.5, 0.6) is 0 Å². The van der Waals surface area contributed by atoms with Crippen molar-refractivity contribution in [3.05, 3.63) is 23.3 Å². The van der Waals surface area contributed by atoms with Gasteiger partial charge < -0.3 is 10.6 Å². The van der Waals surface area contributed by atoms with Crippen LogP contribution in [0, 0.1) is 0 Å². The first-order valence-corrected chi connectivity index (χ1v) is 7.42. The summed E-state index contributed by atoms with van der Waals surface area (Å²) in [5.74, 6) is -2.43. The minimum absolute atomic E-state index is 0.158. The fraction of sp³-hybridized carbons (Fsp3) is 0.429. The zero-order valence-corrected chi connectivity index (χ0v) is 14.0. The van der Waals surface area contributed by atoms with Crippen molar-refractivity contribution >= 4 is 23.5 Å². The van der Waals surface area contributed by atoms with E-state index in [1.807, 2.05) is 5.32 Å². The van der Waals surface area contributed by atoms with Crippen LogP contribution in [0.4, 0.5) is 38.2 Å². The second kappa shape index (κ2) is 7.71. The average Bonchev–Trinajstić information content (AvgIpc) is 2.59. The van der Waals surface area contributed by atoms with Gasteiger partial charge in [-0.25, -0.2) is 4.98 Å². The van der Waals surface area contributed by atoms with Crippen molar-refractivity contribution in [1.29, 1.82) is 0 Å². The smallest absolute Gasteiger partial charge is 0.343 e. The molecule has 2 aromatic rings. The van der Waals surface area contributed by atoms with Gasteiger partial charge in [-0.15, -0.1) is 0 Å². The normalized spacial score (nSPS) is 17.2. The number of pyridine rings is 1. The third-order valence-electron chi connectivity index (χ3n) is 2.94. The Kier molecular flexibility index (Phi) is 4.47. The van der Waals surface area contributed by atoms with Crippen molar-refractivity contribution in [3.63, 3.8) is 0 Å². The van der Waals surface area contributed by atoms with Crippen LogP contribution in [0.3, 0.4) is 0 Å². The molecule has 0 aliphatic heterocycles. The van der Waals surface area contributed by atoms with E-state index in [1.165, 1.54) is 6.07 Å². The Morgan fingerprint density at radius 1 is 1.00 bits per heavy atom. The Morgan fingerprint density at radius 2 is 1.56 bits per heavy atom. The Morgan fingerprint density at radius 3 is 2.07 bits per heavy atom. The molecule has 2 atom stereocenters. The minimum atomic E-state index is -5.28. The van der Waals surface area contributed by atoms with Gasteiger partial charge in [0.1, 0.15) is 22.9 Å². The molecule has 2 aromatic heterocycles. The Bertz CT molecular complexity index is 925. The Balaban J connectivity index is 2.59. The second-order valence-electron chi connectivity index (χ2n) is 5.09. The van der Waals surface area contributed by atoms with Crippen molar-refractivity contribution in [2.45, 2.75) is 38.2 Å². The first-order valence-electron chi connectivity index (χ1n) is 9.04. The lowest BCUT2D eigenvalue weighted by atomic mass is 10.3. The quantitative estimate of drug-likeness (QED) is 0.556. The molecule has 0 unspecified atom stereocenters. The maximum absolute atomic E-state index is 13.2. The molecule has 6 nitrogen and oxygen atoms in total. The van der Waals surface area contributed by atoms with Crippen LogP contribution >= 0.6 is 11.6 Å². The molecule has 0 saturated heterocycles. The van der Waals surface area contributed by atoms with E-state index in [-0.39, 0.29) is 16.9 Å². The van der Waals surface area contributed by atoms with Gasteiger partial charge in [-0.2, -0.15) is 41.3 Å². The van der Waals surface area contributed by atoms with Crippen LogP contribution in [-0.4, -0.2) is 44.4 Å². The lowest BCUT2D eigenvalue weighted by Gasteiger charge is -2.20. The van der Waals surface area contributed by atoms with E-state index in [4.69, 9.17) is 17.1 Å². The number of halogens is 7. The van der Waals surface area contributed by atoms with Crippen LogP contribution < -0.4 is 10.6 Å². The average molecular weight is 419 g/mol. The van der Waals surface area contributed by atoms with Gasteiger partial charge in [0.05, 0.1) is 1.37 Å². The molecule has 2 heterocycles. The summed E-state index contributed by atoms with van der Waals surface area (Å²) in [6, 6.07) is -3.34. The maximum Gasteiger partial charge on any atom is 0.408 e. The monoisotopic (exact) mass is 418 g/mol. The lowest BCUT2D eigenvalue weighted by Crippen LogP contribution is -2.35. The van der Waals surface area contributed by atoms with Crippen molar-refractivity contribution in [3.8, 4) is 11.5 Å². The summed E-state index contributed by atoms with van der Waals surface area (Å²) >= 11 is 5.73. The predicted molar refractivity (Wildman–Crippen MR) is 86.3 cm³/mol. The molecule has 0 bridgehead atoms. The van der Waals surface area contributed by atoms with Crippen LogP contribution in [0.1, 0.15) is 19.3 Å². The van der Waals surface area contributed by atoms with Gasteiger partial charge in [-0.05, 0) is 25.9 Å². The van der Waals surface area contributed by atoms with Gasteiger partial charge in [0.25, 0.3) is 0 Å². The summed E-state index contributed by atoms with van der Waals surface area (Å²) in [7, 11) is 0. The van der Waals surface area contributed by atoms with Crippen molar-refractivity contribution in [2.24, 2.45) is 0 Å². The third-order valence-corrected chi connectivity index (χ3v) is 3.15. The topological polar surface area (TPSA) is 75.6 Å². The first-order chi connectivity index (χ1) is 14.0. The summed E-state index contributed by atoms with van der Waals surface area (Å²) in [4.78, 5) is 14.4. The van der Waals surface area contributed by atoms with Crippen LogP contribution in [-0.2, 0) is 0 Å². The highest BCUT2D eigenvalue weighted by molar-refractivity contribution is 6.29. The number of rotatable bonds is 5. The fourth-order valence-electron chi connectivity index (χ4n) is 1.58. The molecule has 0 saturated carbocycles. The van der Waals surface area contributed by atoms with E-state index in [0.717, 1.165) is 6.07 Å². The zero-order valence-electron chi connectivity index (χ0n) is 17.2. The van der Waals surface area contributed by atoms with E-state index in [0.29, 0.717) is 6.92 Å². The first kappa shape index (κ1) is 15.7. The van der Waals surface area contributed by atoms with Crippen LogP contribution in [0.15, 0.2) is 18.2 Å². The van der Waals surface area contributed by atoms with Crippen molar-refractivity contribution in [2.75, 3.05) is 10.6 Å². The van der Waals surface area contributed by atoms with E-state index >= 15 is 0 Å². The van der Waals surface area contributed by atoms with Crippen LogP contribution in [0.25, 0.3) is 11.5 Å². The number of nitrogens with zero attached hydrogens (tertiary/aromatic N) is 4. The molecule has 148 valence electrons. The number of anilines is 2. The van der Waals surface area contributed by atoms with Gasteiger partial charge in [0, 0.05) is 4.11 Å². The highest BCUT2D eigenvalue weighted by atomic mass is 35.5. The van der Waals surface area contributed by atoms with E-state index in [1.54, 1.807) is 5.32 Å². The highest BCUT2D eigenvalue weighted by Gasteiger charge is 2.38. The van der Waals surface area contributed by atoms with Crippen LogP contribution in [0.2, 0.25) is 5.15 Å². The number of alkyl halides is 6. The molecule has 0 fully saturated rings. The molecule has 13 heteroatoms. The molecule has 0 spiro atoms. The molecule has 2 N–H and O–H groups in total. The third kappa shape index (κ3) is 5.81. The molecule has 0 aromatic carbocycles. The van der Waals surface area contributed by atoms with Gasteiger partial charge in [0.15, 0.2) is 5.82 Å². The lowest BCUT2D eigenvalue weighted by molar-refractivity contribution is -0.139. The molecule has 2 rings (SSSR count). The largest absolute Gasteiger partial charge is 0.408 e. The maximum atomic E-state index is 13.2. The molecule has 0 amide bonds. The highest BCUT2D eigenvalue weighted by Crippen LogP contribution is 2.26. The summed E-state index contributed by atoms with van der Waals surface area (Å²) in [6.07, 6.45) is -10.0. The number of nitrogens with one attached hydrogen (secondary N) is 2. The van der Waals surface area contributed by atoms with E-state index in [2.05, 4.69) is 19.9 Å². The minimum Gasteiger partial charge on any atom is -0.343 e. The van der Waals surface area contributed by atoms with E-state index in [9.17, 15) is 26.3 Å². The predicted octanol–water partition coefficient (Wildman–Crippen LogP) is 4.31. The van der Waals surface area contributed by atoms with Gasteiger partial charge in [-0.3, -0.25) is 0 Å². The van der Waals surface area contributed by atoms with Crippen molar-refractivity contribution in [1.82, 2.24) is 19.9 Å². The van der Waals surface area contributed by atoms with Crippen molar-refractivity contribution < 1.29 is 31.8 Å². The summed E-state index contributed by atoms with van der Waals surface area (Å²) in [5, 5.41) is 3.25. The zero-order chi connectivity index (χ0) is 23.8. The summed E-state index contributed by atoms with van der Waals surface area (Å²) in [6.45, 7) is -2.89. The molecule has 27 heavy (non-hydrogen) atoms. The van der Waals surface area contributed by atoms with Gasteiger partial charge in [0.2, 0.25) is 11.9 Å². The molecular weight excluding hydrogens is 402 g/mol. The van der Waals surface area contributed by atoms with E-state index < -0.39 is 49.0 Å². The van der Waals surface area contributed by atoms with Gasteiger partial charge in [-0.1, -0.05) is 17.7 Å². The number of hydrogen-bond acceptors (Lipinski definition) is 6. The summed E-state index contributed by atoms with van der Waals surface area (Å²) < 4.78 is 107. The SMILES string of the molecule is [2H]c1ccc(Cl)nc1-c1nc(N[C@H](C([2H])([2H])[2H])C(F)(F)F)nc(N[C@H](C)C(F)(F)F)n1. The molecular formula is C14H13ClF6N6. The standard InChI is InChI=1S/C14H13ClF6N6/c1-6(13(16,17)18)22-11-25-10(8-4-3-5-9(15)24-8)26-12(27-11)23-7(2)14(19,20)21/h3-7H,1-2H3,(H2,22,23,25,26,27)/t6-,7-/m1/s1/i1D3,4D. The molecule has 0 radical (unpaired) electrons. The molecule has 0 aliphatic carbocycles. The number of hydrogen-bond donors (Lipinski definition) is 2. The second-order valence-corrected chi connectivity index (χ2v) is 5.48. The Hall–Kier alpha value is -2.37.